The summed E-state index contributed by atoms with van der Waals surface area (Å²) in [7, 11) is 0. The Hall–Kier alpha value is -0.0800. The zero-order valence-corrected chi connectivity index (χ0v) is 11.5. The van der Waals surface area contributed by atoms with E-state index in [4.69, 9.17) is 0 Å². The molecular weight excluding hydrogens is 196 g/mol. The number of hydrogen-bond acceptors (Lipinski definition) is 2. The molecule has 96 valence electrons. The third-order valence-electron chi connectivity index (χ3n) is 3.78. The summed E-state index contributed by atoms with van der Waals surface area (Å²) in [6.45, 7) is 10.7. The fraction of sp³-hybridized carbons (Fsp3) is 1.00. The molecule has 2 heteroatoms. The molecule has 0 aromatic rings. The highest BCUT2D eigenvalue weighted by atomic mass is 15.1. The predicted octanol–water partition coefficient (Wildman–Crippen LogP) is 3.03. The lowest BCUT2D eigenvalue weighted by Gasteiger charge is -2.34. The molecule has 0 radical (unpaired) electrons. The maximum absolute atomic E-state index is 3.88. The van der Waals surface area contributed by atoms with Crippen molar-refractivity contribution in [1.82, 2.24) is 10.2 Å². The van der Waals surface area contributed by atoms with Crippen LogP contribution < -0.4 is 5.32 Å². The number of nitrogens with zero attached hydrogens (tertiary/aromatic N) is 1. The minimum Gasteiger partial charge on any atom is -0.311 e. The molecule has 0 saturated carbocycles. The Morgan fingerprint density at radius 2 is 1.62 bits per heavy atom. The van der Waals surface area contributed by atoms with Gasteiger partial charge in [-0.2, -0.15) is 0 Å². The molecule has 1 aliphatic heterocycles. The average Bonchev–Trinajstić information content (AvgIpc) is 2.31. The first kappa shape index (κ1) is 14.0. The van der Waals surface area contributed by atoms with Crippen molar-refractivity contribution in [2.75, 3.05) is 19.6 Å². The van der Waals surface area contributed by atoms with E-state index in [0.717, 1.165) is 12.1 Å². The molecule has 1 heterocycles. The largest absolute Gasteiger partial charge is 0.311 e. The van der Waals surface area contributed by atoms with Crippen molar-refractivity contribution in [2.24, 2.45) is 0 Å². The molecule has 0 atom stereocenters. The fourth-order valence-electron chi connectivity index (χ4n) is 2.76. The van der Waals surface area contributed by atoms with Crippen molar-refractivity contribution < 1.29 is 0 Å². The molecular formula is C14H30N2. The van der Waals surface area contributed by atoms with Gasteiger partial charge in [0.15, 0.2) is 0 Å². The number of nitrogens with one attached hydrogen (secondary N) is 1. The Morgan fingerprint density at radius 3 is 2.06 bits per heavy atom. The number of piperidine rings is 1. The van der Waals surface area contributed by atoms with Crippen molar-refractivity contribution in [3.8, 4) is 0 Å². The molecule has 2 nitrogen and oxygen atoms in total. The molecule has 0 amide bonds. The maximum Gasteiger partial charge on any atom is 0.00940 e. The highest BCUT2D eigenvalue weighted by molar-refractivity contribution is 4.80. The highest BCUT2D eigenvalue weighted by Crippen LogP contribution is 2.13. The topological polar surface area (TPSA) is 15.3 Å². The van der Waals surface area contributed by atoms with Gasteiger partial charge in [0.2, 0.25) is 0 Å². The van der Waals surface area contributed by atoms with Gasteiger partial charge < -0.3 is 10.2 Å². The minimum atomic E-state index is 0.771. The lowest BCUT2D eigenvalue weighted by molar-refractivity contribution is 0.195. The average molecular weight is 226 g/mol. The zero-order chi connectivity index (χ0) is 11.8. The summed E-state index contributed by atoms with van der Waals surface area (Å²) in [6, 6.07) is 1.55. The van der Waals surface area contributed by atoms with E-state index in [2.05, 4.69) is 31.0 Å². The van der Waals surface area contributed by atoms with Crippen molar-refractivity contribution in [3.63, 3.8) is 0 Å². The van der Waals surface area contributed by atoms with Crippen molar-refractivity contribution in [2.45, 2.75) is 71.4 Å². The van der Waals surface area contributed by atoms with Crippen molar-refractivity contribution in [3.05, 3.63) is 0 Å². The van der Waals surface area contributed by atoms with E-state index in [9.17, 15) is 0 Å². The molecule has 1 aliphatic rings. The molecule has 0 spiro atoms. The zero-order valence-electron chi connectivity index (χ0n) is 11.5. The molecule has 1 rings (SSSR count). The van der Waals surface area contributed by atoms with Crippen LogP contribution in [0.4, 0.5) is 0 Å². The summed E-state index contributed by atoms with van der Waals surface area (Å²) in [5.74, 6) is 0. The summed E-state index contributed by atoms with van der Waals surface area (Å²) in [5, 5.41) is 3.88. The summed E-state index contributed by atoms with van der Waals surface area (Å²) < 4.78 is 0. The Bertz CT molecular complexity index is 156. The van der Waals surface area contributed by atoms with E-state index in [1.807, 2.05) is 0 Å². The second-order valence-corrected chi connectivity index (χ2v) is 5.15. The van der Waals surface area contributed by atoms with Crippen molar-refractivity contribution in [1.29, 1.82) is 0 Å². The molecule has 0 aromatic carbocycles. The van der Waals surface area contributed by atoms with Gasteiger partial charge in [-0.05, 0) is 45.3 Å². The minimum absolute atomic E-state index is 0.771. The third kappa shape index (κ3) is 4.84. The van der Waals surface area contributed by atoms with E-state index >= 15 is 0 Å². The number of rotatable bonds is 7. The maximum atomic E-state index is 3.88. The monoisotopic (exact) mass is 226 g/mol. The summed E-state index contributed by atoms with van der Waals surface area (Å²) >= 11 is 0. The molecule has 0 aliphatic carbocycles. The molecule has 16 heavy (non-hydrogen) atoms. The van der Waals surface area contributed by atoms with Gasteiger partial charge in [-0.1, -0.05) is 33.6 Å². The predicted molar refractivity (Wildman–Crippen MR) is 71.9 cm³/mol. The third-order valence-corrected chi connectivity index (χ3v) is 3.78. The standard InChI is InChI=1S/C14H30N2/c1-4-7-13(8-5-2)15-14-9-11-16(6-3)12-10-14/h13-15H,4-12H2,1-3H3. The fourth-order valence-corrected chi connectivity index (χ4v) is 2.76. The van der Waals surface area contributed by atoms with E-state index < -0.39 is 0 Å². The van der Waals surface area contributed by atoms with Gasteiger partial charge in [0.1, 0.15) is 0 Å². The van der Waals surface area contributed by atoms with Crippen LogP contribution in [0.1, 0.15) is 59.3 Å². The normalized spacial score (nSPS) is 19.5. The Labute approximate surface area is 102 Å². The van der Waals surface area contributed by atoms with Gasteiger partial charge >= 0.3 is 0 Å². The molecule has 1 fully saturated rings. The quantitative estimate of drug-likeness (QED) is 0.718. The van der Waals surface area contributed by atoms with E-state index in [1.165, 1.54) is 58.2 Å². The Balaban J connectivity index is 2.24. The summed E-state index contributed by atoms with van der Waals surface area (Å²) in [5.41, 5.74) is 0. The molecule has 0 bridgehead atoms. The first-order valence-electron chi connectivity index (χ1n) is 7.28. The van der Waals surface area contributed by atoms with Gasteiger partial charge in [0.25, 0.3) is 0 Å². The molecule has 1 saturated heterocycles. The van der Waals surface area contributed by atoms with Crippen molar-refractivity contribution >= 4 is 0 Å². The van der Waals surface area contributed by atoms with Gasteiger partial charge in [-0.3, -0.25) is 0 Å². The van der Waals surface area contributed by atoms with Gasteiger partial charge in [-0.15, -0.1) is 0 Å². The first-order valence-corrected chi connectivity index (χ1v) is 7.28. The Morgan fingerprint density at radius 1 is 1.06 bits per heavy atom. The molecule has 1 N–H and O–H groups in total. The van der Waals surface area contributed by atoms with Crippen LogP contribution in [0.15, 0.2) is 0 Å². The summed E-state index contributed by atoms with van der Waals surface area (Å²) in [6.07, 6.45) is 8.01. The van der Waals surface area contributed by atoms with E-state index in [0.29, 0.717) is 0 Å². The van der Waals surface area contributed by atoms with Gasteiger partial charge in [0, 0.05) is 12.1 Å². The van der Waals surface area contributed by atoms with Gasteiger partial charge in [-0.25, -0.2) is 0 Å². The number of likely N-dealkylation sites (tertiary alicyclic amines) is 1. The first-order chi connectivity index (χ1) is 7.80. The van der Waals surface area contributed by atoms with Crippen LogP contribution in [0.2, 0.25) is 0 Å². The van der Waals surface area contributed by atoms with Crippen LogP contribution in [0.25, 0.3) is 0 Å². The second-order valence-electron chi connectivity index (χ2n) is 5.15. The van der Waals surface area contributed by atoms with E-state index in [1.54, 1.807) is 0 Å². The van der Waals surface area contributed by atoms with Crippen LogP contribution >= 0.6 is 0 Å². The SMILES string of the molecule is CCCC(CCC)NC1CCN(CC)CC1. The summed E-state index contributed by atoms with van der Waals surface area (Å²) in [4.78, 5) is 2.56. The molecule has 0 aromatic heterocycles. The smallest absolute Gasteiger partial charge is 0.00940 e. The lowest BCUT2D eigenvalue weighted by Crippen LogP contribution is -2.46. The van der Waals surface area contributed by atoms with Gasteiger partial charge in [0.05, 0.1) is 0 Å². The second kappa shape index (κ2) is 8.08. The Kier molecular flexibility index (Phi) is 7.06. The lowest BCUT2D eigenvalue weighted by atomic mass is 10.0. The van der Waals surface area contributed by atoms with Crippen LogP contribution in [0.5, 0.6) is 0 Å². The van der Waals surface area contributed by atoms with Crippen LogP contribution in [-0.2, 0) is 0 Å². The van der Waals surface area contributed by atoms with Crippen LogP contribution in [0.3, 0.4) is 0 Å². The number of hydrogen-bond donors (Lipinski definition) is 1. The highest BCUT2D eigenvalue weighted by Gasteiger charge is 2.19. The van der Waals surface area contributed by atoms with E-state index in [-0.39, 0.29) is 0 Å². The van der Waals surface area contributed by atoms with Crippen LogP contribution in [0, 0.1) is 0 Å². The van der Waals surface area contributed by atoms with Crippen LogP contribution in [-0.4, -0.2) is 36.6 Å². The molecule has 0 unspecified atom stereocenters.